The van der Waals surface area contributed by atoms with Crippen LogP contribution in [0.4, 0.5) is 0 Å². The molecule has 25 heavy (non-hydrogen) atoms. The zero-order valence-corrected chi connectivity index (χ0v) is 15.3. The van der Waals surface area contributed by atoms with E-state index in [2.05, 4.69) is 0 Å². The Morgan fingerprint density at radius 3 is 2.36 bits per heavy atom. The van der Waals surface area contributed by atoms with E-state index in [-0.39, 0.29) is 34.4 Å². The molecule has 2 aromatic carbocycles. The van der Waals surface area contributed by atoms with Crippen molar-refractivity contribution in [1.82, 2.24) is 0 Å². The van der Waals surface area contributed by atoms with Crippen molar-refractivity contribution in [2.75, 3.05) is 20.3 Å². The van der Waals surface area contributed by atoms with Crippen LogP contribution in [-0.4, -0.2) is 31.4 Å². The minimum atomic E-state index is -1.45. The summed E-state index contributed by atoms with van der Waals surface area (Å²) in [6.07, 6.45) is 0. The topological polar surface area (TPSA) is 65.0 Å². The molecule has 0 unspecified atom stereocenters. The number of ether oxygens (including phenoxy) is 3. The number of carboxylic acids is 1. The molecule has 1 aliphatic rings. The lowest BCUT2D eigenvalue weighted by Gasteiger charge is -2.30. The van der Waals surface area contributed by atoms with Crippen LogP contribution in [0.2, 0.25) is 15.1 Å². The van der Waals surface area contributed by atoms with E-state index in [4.69, 9.17) is 49.0 Å². The average Bonchev–Trinajstić information content (AvgIpc) is 3.07. The van der Waals surface area contributed by atoms with Crippen molar-refractivity contribution in [2.45, 2.75) is 5.79 Å². The van der Waals surface area contributed by atoms with E-state index in [1.54, 1.807) is 18.2 Å². The molecule has 2 aromatic rings. The molecule has 1 N–H and O–H groups in total. The first-order valence-corrected chi connectivity index (χ1v) is 8.38. The third-order valence-corrected chi connectivity index (χ3v) is 4.99. The summed E-state index contributed by atoms with van der Waals surface area (Å²) in [5.74, 6) is -2.20. The maximum atomic E-state index is 11.8. The Balaban J connectivity index is 2.25. The van der Waals surface area contributed by atoms with E-state index < -0.39 is 11.8 Å². The Morgan fingerprint density at radius 1 is 1.12 bits per heavy atom. The van der Waals surface area contributed by atoms with Gasteiger partial charge in [-0.15, -0.1) is 0 Å². The van der Waals surface area contributed by atoms with Crippen LogP contribution in [0.15, 0.2) is 30.3 Å². The van der Waals surface area contributed by atoms with Gasteiger partial charge in [-0.1, -0.05) is 40.9 Å². The molecular weight excluding hydrogens is 391 g/mol. The molecule has 0 saturated carbocycles. The van der Waals surface area contributed by atoms with Gasteiger partial charge in [0.15, 0.2) is 0 Å². The molecule has 3 rings (SSSR count). The van der Waals surface area contributed by atoms with E-state index in [9.17, 15) is 9.90 Å². The van der Waals surface area contributed by atoms with E-state index in [0.717, 1.165) is 0 Å². The predicted octanol–water partition coefficient (Wildman–Crippen LogP) is 4.60. The van der Waals surface area contributed by atoms with Crippen LogP contribution < -0.4 is 4.74 Å². The van der Waals surface area contributed by atoms with Crippen molar-refractivity contribution < 1.29 is 24.1 Å². The van der Waals surface area contributed by atoms with Crippen LogP contribution in [0.25, 0.3) is 0 Å². The summed E-state index contributed by atoms with van der Waals surface area (Å²) in [5.41, 5.74) is 0.591. The highest BCUT2D eigenvalue weighted by atomic mass is 35.5. The highest BCUT2D eigenvalue weighted by Gasteiger charge is 2.44. The van der Waals surface area contributed by atoms with Gasteiger partial charge in [0.2, 0.25) is 5.79 Å². The van der Waals surface area contributed by atoms with Crippen LogP contribution in [0.1, 0.15) is 21.5 Å². The molecule has 1 aliphatic heterocycles. The summed E-state index contributed by atoms with van der Waals surface area (Å²) in [4.78, 5) is 11.8. The Kier molecular flexibility index (Phi) is 5.14. The summed E-state index contributed by atoms with van der Waals surface area (Å²) in [6, 6.07) is 8.00. The second kappa shape index (κ2) is 7.02. The number of methoxy groups -OCH3 is 1. The fourth-order valence-corrected chi connectivity index (χ4v) is 3.46. The van der Waals surface area contributed by atoms with Crippen molar-refractivity contribution in [3.63, 3.8) is 0 Å². The number of aromatic carboxylic acids is 1. The van der Waals surface area contributed by atoms with E-state index in [0.29, 0.717) is 16.3 Å². The maximum absolute atomic E-state index is 11.8. The van der Waals surface area contributed by atoms with Crippen molar-refractivity contribution in [3.05, 3.63) is 62.1 Å². The van der Waals surface area contributed by atoms with Gasteiger partial charge in [0, 0.05) is 11.1 Å². The van der Waals surface area contributed by atoms with Gasteiger partial charge in [0.25, 0.3) is 0 Å². The molecular formula is C17H13Cl3O5. The lowest BCUT2D eigenvalue weighted by atomic mass is 9.92. The molecule has 1 fully saturated rings. The highest BCUT2D eigenvalue weighted by molar-refractivity contribution is 6.43. The fourth-order valence-electron chi connectivity index (χ4n) is 2.80. The predicted molar refractivity (Wildman–Crippen MR) is 94.1 cm³/mol. The lowest BCUT2D eigenvalue weighted by molar-refractivity contribution is -0.130. The molecule has 0 aliphatic carbocycles. The van der Waals surface area contributed by atoms with Gasteiger partial charge in [0.05, 0.1) is 41.0 Å². The monoisotopic (exact) mass is 402 g/mol. The SMILES string of the molecule is COc1ccc(C2(c3ccc(Cl)c(Cl)c3C(=O)O)OCCO2)cc1Cl. The molecule has 0 radical (unpaired) electrons. The zero-order chi connectivity index (χ0) is 18.2. The van der Waals surface area contributed by atoms with Gasteiger partial charge in [-0.05, 0) is 24.3 Å². The van der Waals surface area contributed by atoms with Crippen molar-refractivity contribution >= 4 is 40.8 Å². The largest absolute Gasteiger partial charge is 0.495 e. The number of rotatable bonds is 4. The molecule has 132 valence electrons. The Morgan fingerprint density at radius 2 is 1.80 bits per heavy atom. The molecule has 0 bridgehead atoms. The zero-order valence-electron chi connectivity index (χ0n) is 13.0. The molecule has 8 heteroatoms. The average molecular weight is 404 g/mol. The third-order valence-electron chi connectivity index (χ3n) is 3.89. The normalized spacial score (nSPS) is 16.0. The summed E-state index contributed by atoms with van der Waals surface area (Å²) >= 11 is 18.3. The van der Waals surface area contributed by atoms with Crippen molar-refractivity contribution in [1.29, 1.82) is 0 Å². The van der Waals surface area contributed by atoms with Crippen molar-refractivity contribution in [3.8, 4) is 5.75 Å². The second-order valence-corrected chi connectivity index (χ2v) is 6.44. The number of carbonyl (C=O) groups is 1. The number of hydrogen-bond donors (Lipinski definition) is 1. The highest BCUT2D eigenvalue weighted by Crippen LogP contribution is 2.44. The standard InChI is InChI=1S/C17H13Cl3O5/c1-23-13-5-2-9(8-12(13)19)17(24-6-7-25-17)10-3-4-11(18)15(20)14(10)16(21)22/h2-5,8H,6-7H2,1H3,(H,21,22). The van der Waals surface area contributed by atoms with Crippen LogP contribution >= 0.6 is 34.8 Å². The maximum Gasteiger partial charge on any atom is 0.337 e. The van der Waals surface area contributed by atoms with Crippen LogP contribution in [-0.2, 0) is 15.3 Å². The van der Waals surface area contributed by atoms with E-state index >= 15 is 0 Å². The molecule has 5 nitrogen and oxygen atoms in total. The molecule has 0 spiro atoms. The Bertz CT molecular complexity index is 831. The van der Waals surface area contributed by atoms with Gasteiger partial charge >= 0.3 is 5.97 Å². The van der Waals surface area contributed by atoms with Crippen LogP contribution in [0, 0.1) is 0 Å². The van der Waals surface area contributed by atoms with Gasteiger partial charge in [-0.2, -0.15) is 0 Å². The Hall–Kier alpha value is -1.50. The quantitative estimate of drug-likeness (QED) is 0.808. The summed E-state index contributed by atoms with van der Waals surface area (Å²) in [5, 5.41) is 10.0. The summed E-state index contributed by atoms with van der Waals surface area (Å²) in [6.45, 7) is 0.561. The van der Waals surface area contributed by atoms with Crippen LogP contribution in [0.5, 0.6) is 5.75 Å². The molecule has 0 amide bonds. The number of benzene rings is 2. The van der Waals surface area contributed by atoms with E-state index in [1.807, 2.05) is 0 Å². The molecule has 0 atom stereocenters. The van der Waals surface area contributed by atoms with E-state index in [1.165, 1.54) is 19.2 Å². The van der Waals surface area contributed by atoms with Gasteiger partial charge in [0.1, 0.15) is 5.75 Å². The minimum absolute atomic E-state index is 0.0789. The third kappa shape index (κ3) is 3.07. The summed E-state index contributed by atoms with van der Waals surface area (Å²) in [7, 11) is 1.50. The van der Waals surface area contributed by atoms with Gasteiger partial charge < -0.3 is 19.3 Å². The Labute approximate surface area is 159 Å². The number of carboxylic acid groups (broad SMARTS) is 1. The second-order valence-electron chi connectivity index (χ2n) is 5.25. The number of halogens is 3. The van der Waals surface area contributed by atoms with Gasteiger partial charge in [-0.3, -0.25) is 0 Å². The number of hydrogen-bond acceptors (Lipinski definition) is 4. The smallest absolute Gasteiger partial charge is 0.337 e. The summed E-state index contributed by atoms with van der Waals surface area (Å²) < 4.78 is 16.8. The van der Waals surface area contributed by atoms with Crippen LogP contribution in [0.3, 0.4) is 0 Å². The first-order valence-electron chi connectivity index (χ1n) is 7.24. The van der Waals surface area contributed by atoms with Crippen molar-refractivity contribution in [2.24, 2.45) is 0 Å². The first-order chi connectivity index (χ1) is 11.9. The molecule has 1 heterocycles. The minimum Gasteiger partial charge on any atom is -0.495 e. The van der Waals surface area contributed by atoms with Gasteiger partial charge in [-0.25, -0.2) is 4.79 Å². The first kappa shape index (κ1) is 18.3. The fraction of sp³-hybridized carbons (Fsp3) is 0.235. The lowest BCUT2D eigenvalue weighted by Crippen LogP contribution is -2.31. The molecule has 0 aromatic heterocycles. The molecule has 1 saturated heterocycles.